The minimum Gasteiger partial charge on any atom is -1.00 e. The number of allylic oxidation sites excluding steroid dienone is 3. The Morgan fingerprint density at radius 3 is 1.40 bits per heavy atom. The van der Waals surface area contributed by atoms with Crippen LogP contribution in [-0.2, 0) is 102 Å². The third kappa shape index (κ3) is 30.2. The predicted octanol–water partition coefficient (Wildman–Crippen LogP) is 15.9. The average Bonchev–Trinajstić information content (AvgIpc) is 0.783. The van der Waals surface area contributed by atoms with Crippen molar-refractivity contribution in [3.8, 4) is 0 Å². The summed E-state index contributed by atoms with van der Waals surface area (Å²) in [7, 11) is 5.08. The topological polar surface area (TPSA) is 155 Å². The van der Waals surface area contributed by atoms with Crippen molar-refractivity contribution >= 4 is 74.0 Å². The number of nitrogens with one attached hydrogen (secondary N) is 3. The van der Waals surface area contributed by atoms with Gasteiger partial charge in [0.05, 0.1) is 5.70 Å². The van der Waals surface area contributed by atoms with Crippen molar-refractivity contribution in [3.05, 3.63) is 231 Å². The molecule has 120 heavy (non-hydrogen) atoms. The molecule has 10 aliphatic heterocycles. The number of carbonyl (C=O) groups is 2. The van der Waals surface area contributed by atoms with E-state index < -0.39 is 38.8 Å². The number of fused-ring (bicyclic) bond motifs is 6. The van der Waals surface area contributed by atoms with Gasteiger partial charge in [-0.3, -0.25) is 4.90 Å². The number of halogens is 5. The Morgan fingerprint density at radius 2 is 0.908 bits per heavy atom. The van der Waals surface area contributed by atoms with Crippen LogP contribution in [0.25, 0.3) is 11.4 Å². The summed E-state index contributed by atoms with van der Waals surface area (Å²) < 4.78 is 76.5. The van der Waals surface area contributed by atoms with Gasteiger partial charge in [0, 0.05) is 121 Å². The molecule has 649 valence electrons. The van der Waals surface area contributed by atoms with Crippen LogP contribution >= 0.6 is 31.9 Å². The standard InChI is InChI=1S/C21H30N2O2.C16H24N2.C16H22N2.C12H18F3NO5S.C11H15N.C10H12BrN.C9H10BrN.B.Na.H/c1-15-6-9-19(23(13-15)20(24)25-21(2,3)4)17-7-8-18-14-22(5)11-10-16(18)12-17;2*1-12-3-6-16(17-10-12)14-4-5-15-11-18(2)8-7-13(15)9-14;1-8-5-6-9(21-22(18,19)12(13,14)15)16(7-8)10(17)20-11(2,3)4;1-9-3-4-11-8-12(2)6-5-10(11)7-9;1-12-5-4-8-6-10(11)3-2-9(8)7-12;10-9-2-1-8-6-11-4-3-7(8)5-9;;;/h7-9,12,15H,6,10-11,13-14H2,1-5H3;4-5,9,12,16-17H,3,6-8,10-11H2,1-2H3;4-6,9,12,17H,3,7-8,10-11H2,1-2H3;6,8H,5,7H2,1-4H3;3-4,7H,5-6,8H2,1-2H3;2-3,6H,4-5,7H2,1H3;1-2,5,11H,3-4,6H2;;;/q;;;;;;;;+1;-1/t15-;12-,16?;12-;;;;;;;/m000......./s1. The van der Waals surface area contributed by atoms with Gasteiger partial charge in [-0.05, 0) is 317 Å². The second-order valence-corrected chi connectivity index (χ2v) is 39.8. The van der Waals surface area contributed by atoms with E-state index in [1.807, 2.05) is 25.7 Å². The van der Waals surface area contributed by atoms with Gasteiger partial charge in [-0.2, -0.15) is 21.6 Å². The van der Waals surface area contributed by atoms with Gasteiger partial charge in [0.15, 0.2) is 0 Å². The SMILES string of the molecule is Brc1ccc2c(c1)CCNC2.CC1CC=C(OS(=O)(=O)C(F)(F)F)N(C(=O)OC(C)(C)C)C1.CN1CCc2cc(Br)ccc2C1.C[C@H]1CC=C(c2ccc3c(c2)CCN(C)C3)N(C(=O)OC(C)(C)C)C1.C[C@H]1CC=C(c2ccc3c(c2)CCN(C)C3)NC1.C[C@H]1CCC(c2ccc3c(c2)CCN(C)C3)NC1.Cc1ccc2c(c1)CCN(C)C2.[B].[H-].[Na+]. The monoisotopic (exact) mass is 1810 g/mol. The van der Waals surface area contributed by atoms with E-state index in [0.29, 0.717) is 18.5 Å². The van der Waals surface area contributed by atoms with Crippen molar-refractivity contribution < 1.29 is 75.8 Å². The fourth-order valence-corrected chi connectivity index (χ4v) is 17.4. The summed E-state index contributed by atoms with van der Waals surface area (Å²) in [6.45, 7) is 37.6. The van der Waals surface area contributed by atoms with Crippen LogP contribution in [0.1, 0.15) is 198 Å². The number of carbonyl (C=O) groups excluding carboxylic acids is 2. The molecular weight excluding hydrogens is 1680 g/mol. The minimum absolute atomic E-state index is 0. The van der Waals surface area contributed by atoms with Crippen molar-refractivity contribution in [1.29, 1.82) is 0 Å². The predicted molar refractivity (Wildman–Crippen MR) is 486 cm³/mol. The molecule has 1 saturated heterocycles. The first-order chi connectivity index (χ1) is 55.8. The number of amides is 2. The van der Waals surface area contributed by atoms with Gasteiger partial charge in [0.1, 0.15) is 11.2 Å². The molecule has 5 atom stereocenters. The molecule has 25 heteroatoms. The van der Waals surface area contributed by atoms with Crippen LogP contribution in [0.15, 0.2) is 142 Å². The van der Waals surface area contributed by atoms with E-state index in [1.54, 1.807) is 38.8 Å². The Bertz CT molecular complexity index is 4570. The zero-order valence-corrected chi connectivity index (χ0v) is 80.5. The number of hydrogen-bond acceptors (Lipinski definition) is 15. The van der Waals surface area contributed by atoms with Gasteiger partial charge >= 0.3 is 57.4 Å². The molecule has 17 nitrogen and oxygen atoms in total. The number of nitrogens with zero attached hydrogens (tertiary/aromatic N) is 7. The van der Waals surface area contributed by atoms with Crippen molar-refractivity contribution in [2.75, 3.05) is 101 Å². The second-order valence-electron chi connectivity index (χ2n) is 36.4. The van der Waals surface area contributed by atoms with Crippen molar-refractivity contribution in [3.63, 3.8) is 0 Å². The maximum Gasteiger partial charge on any atom is 1.00 e. The summed E-state index contributed by atoms with van der Waals surface area (Å²) in [4.78, 5) is 39.2. The van der Waals surface area contributed by atoms with E-state index in [-0.39, 0.29) is 64.4 Å². The van der Waals surface area contributed by atoms with Crippen molar-refractivity contribution in [2.45, 2.75) is 209 Å². The molecule has 6 aromatic carbocycles. The summed E-state index contributed by atoms with van der Waals surface area (Å²) in [5.41, 5.74) is 18.7. The molecule has 0 aliphatic carbocycles. The zero-order valence-electron chi connectivity index (χ0n) is 75.5. The van der Waals surface area contributed by atoms with Crippen molar-refractivity contribution in [2.24, 2.45) is 23.7 Å². The van der Waals surface area contributed by atoms with Gasteiger partial charge < -0.3 is 55.5 Å². The molecule has 0 spiro atoms. The number of likely N-dealkylation sites (N-methyl/N-ethyl adjacent to an activating group) is 5. The third-order valence-corrected chi connectivity index (χ3v) is 24.9. The molecule has 0 bridgehead atoms. The first kappa shape index (κ1) is 99.6. The van der Waals surface area contributed by atoms with Gasteiger partial charge in [-0.25, -0.2) is 14.5 Å². The number of hydrogen-bond donors (Lipinski definition) is 3. The Hall–Kier alpha value is -5.84. The number of piperidine rings is 1. The van der Waals surface area contributed by atoms with Crippen LogP contribution < -0.4 is 45.5 Å². The summed E-state index contributed by atoms with van der Waals surface area (Å²) in [5.74, 6) is 1.29. The molecule has 2 unspecified atom stereocenters. The Labute approximate surface area is 758 Å². The summed E-state index contributed by atoms with van der Waals surface area (Å²) in [6.07, 6.45) is 16.6. The van der Waals surface area contributed by atoms with E-state index in [0.717, 1.165) is 112 Å². The Kier molecular flexibility index (Phi) is 37.6. The molecule has 0 saturated carbocycles. The number of rotatable bonds is 5. The quantitative estimate of drug-likeness (QED) is 0.0851. The van der Waals surface area contributed by atoms with Crippen LogP contribution in [0.4, 0.5) is 22.8 Å². The number of alkyl halides is 3. The molecule has 2 amide bonds. The maximum absolute atomic E-state index is 12.7. The van der Waals surface area contributed by atoms with E-state index in [4.69, 9.17) is 9.47 Å². The molecule has 3 radical (unpaired) electrons. The largest absolute Gasteiger partial charge is 1.00 e. The van der Waals surface area contributed by atoms with E-state index in [2.05, 4.69) is 261 Å². The molecule has 1 fully saturated rings. The Balaban J connectivity index is 0.000000197. The van der Waals surface area contributed by atoms with Gasteiger partial charge in [-0.15, -0.1) is 0 Å². The fourth-order valence-electron chi connectivity index (χ4n) is 16.1. The molecule has 3 N–H and O–H groups in total. The summed E-state index contributed by atoms with van der Waals surface area (Å²) in [5, 5.41) is 10.6. The first-order valence-electron chi connectivity index (χ1n) is 42.5. The van der Waals surface area contributed by atoms with Gasteiger partial charge in [0.2, 0.25) is 5.88 Å². The smallest absolute Gasteiger partial charge is 1.00 e. The number of benzene rings is 6. The van der Waals surface area contributed by atoms with E-state index >= 15 is 0 Å². The molecule has 10 heterocycles. The van der Waals surface area contributed by atoms with E-state index in [9.17, 15) is 31.2 Å². The minimum atomic E-state index is -5.84. The number of aryl methyl sites for hydroxylation is 1. The van der Waals surface area contributed by atoms with E-state index in [1.165, 1.54) is 165 Å². The van der Waals surface area contributed by atoms with Gasteiger partial charge in [-0.1, -0.05) is 150 Å². The molecule has 6 aromatic rings. The maximum atomic E-state index is 12.7. The Morgan fingerprint density at radius 1 is 0.483 bits per heavy atom. The van der Waals surface area contributed by atoms with Crippen LogP contribution in [-0.4, -0.2) is 181 Å². The molecule has 10 aliphatic rings. The normalized spacial score (nSPS) is 21.2. The fraction of sp³-hybridized carbons (Fsp3) is 0.537. The summed E-state index contributed by atoms with van der Waals surface area (Å²) in [6, 6.07) is 41.2. The van der Waals surface area contributed by atoms with Crippen LogP contribution in [0.2, 0.25) is 0 Å². The second kappa shape index (κ2) is 45.4. The number of ether oxygens (including phenoxy) is 2. The molecule has 0 aromatic heterocycles. The van der Waals surface area contributed by atoms with Crippen LogP contribution in [0.3, 0.4) is 0 Å². The molecule has 16 rings (SSSR count). The third-order valence-electron chi connectivity index (χ3n) is 22.9. The van der Waals surface area contributed by atoms with Gasteiger partial charge in [0.25, 0.3) is 0 Å². The zero-order chi connectivity index (χ0) is 85.4. The summed E-state index contributed by atoms with van der Waals surface area (Å²) >= 11 is 6.96. The van der Waals surface area contributed by atoms with Crippen LogP contribution in [0.5, 0.6) is 0 Å². The first-order valence-corrected chi connectivity index (χ1v) is 45.5. The average molecular weight is 1810 g/mol. The van der Waals surface area contributed by atoms with Crippen LogP contribution in [0, 0.1) is 30.6 Å². The molecular formula is C95H132BBr2F3N10NaO7S. The van der Waals surface area contributed by atoms with Crippen molar-refractivity contribution in [1.82, 2.24) is 50.2 Å².